The largest absolute Gasteiger partial charge is 0.412 e. The van der Waals surface area contributed by atoms with Crippen LogP contribution >= 0.6 is 0 Å². The molecule has 3 rings (SSSR count). The quantitative estimate of drug-likeness (QED) is 0.387. The van der Waals surface area contributed by atoms with E-state index in [4.69, 9.17) is 12.3 Å². The molecule has 1 saturated heterocycles. The molecule has 0 aliphatic carbocycles. The molecule has 0 aromatic heterocycles. The van der Waals surface area contributed by atoms with Crippen molar-refractivity contribution in [2.75, 3.05) is 0 Å². The summed E-state index contributed by atoms with van der Waals surface area (Å²) in [5.41, 5.74) is 0. The summed E-state index contributed by atoms with van der Waals surface area (Å²) in [7, 11) is -10.8. The Bertz CT molecular complexity index is 823. The van der Waals surface area contributed by atoms with Gasteiger partial charge in [-0.25, -0.2) is 0 Å². The van der Waals surface area contributed by atoms with Crippen LogP contribution in [0, 0.1) is 0 Å². The average Bonchev–Trinajstić information content (AvgIpc) is 2.70. The van der Waals surface area contributed by atoms with Crippen molar-refractivity contribution in [3.05, 3.63) is 60.7 Å². The van der Waals surface area contributed by atoms with E-state index >= 15 is 0 Å². The Morgan fingerprint density at radius 3 is 1.25 bits per heavy atom. The first kappa shape index (κ1) is 25.2. The monoisotopic (exact) mass is 510 g/mol. The maximum absolute atomic E-state index is 13.3. The maximum Gasteiger partial charge on any atom is 0.389 e. The van der Waals surface area contributed by atoms with Gasteiger partial charge in [-0.2, -0.15) is 26.3 Å². The highest BCUT2D eigenvalue weighted by Crippen LogP contribution is 2.39. The van der Waals surface area contributed by atoms with Crippen LogP contribution in [-0.4, -0.2) is 38.0 Å². The highest BCUT2D eigenvalue weighted by atomic mass is 28.5. The second-order valence-electron chi connectivity index (χ2n) is 8.17. The van der Waals surface area contributed by atoms with E-state index in [1.807, 2.05) is 0 Å². The van der Waals surface area contributed by atoms with Crippen LogP contribution in [0.25, 0.3) is 0 Å². The minimum Gasteiger partial charge on any atom is -0.412 e. The summed E-state index contributed by atoms with van der Waals surface area (Å²) in [5.74, 6) is 0. The average molecular weight is 511 g/mol. The van der Waals surface area contributed by atoms with Gasteiger partial charge in [-0.05, 0) is 23.5 Å². The van der Waals surface area contributed by atoms with Crippen LogP contribution in [0.15, 0.2) is 60.7 Å². The first-order valence-corrected chi connectivity index (χ1v) is 17.0. The molecule has 0 bridgehead atoms. The van der Waals surface area contributed by atoms with Crippen LogP contribution in [0.3, 0.4) is 0 Å². The fourth-order valence-electron chi connectivity index (χ4n) is 3.85. The van der Waals surface area contributed by atoms with E-state index in [1.165, 1.54) is 0 Å². The molecule has 0 amide bonds. The molecule has 1 aliphatic heterocycles. The maximum atomic E-state index is 13.3. The lowest BCUT2D eigenvalue weighted by Crippen LogP contribution is -2.76. The SMILES string of the molecule is C[Si]1(C)O[Si](CCC(F)(F)F)(c2ccccc2)O[Si](CCC(F)(F)F)(c2ccccc2)O1. The van der Waals surface area contributed by atoms with Crippen molar-refractivity contribution in [3.63, 3.8) is 0 Å². The molecular weight excluding hydrogens is 486 g/mol. The zero-order valence-electron chi connectivity index (χ0n) is 17.6. The summed E-state index contributed by atoms with van der Waals surface area (Å²) in [6, 6.07) is 15.7. The molecule has 0 spiro atoms. The van der Waals surface area contributed by atoms with Crippen LogP contribution in [0.4, 0.5) is 26.3 Å². The van der Waals surface area contributed by atoms with Gasteiger partial charge in [0.2, 0.25) is 0 Å². The van der Waals surface area contributed by atoms with Crippen molar-refractivity contribution in [2.24, 2.45) is 0 Å². The van der Waals surface area contributed by atoms with Gasteiger partial charge in [0.25, 0.3) is 0 Å². The summed E-state index contributed by atoms with van der Waals surface area (Å²) < 4.78 is 98.5. The second kappa shape index (κ2) is 9.06. The third-order valence-electron chi connectivity index (χ3n) is 5.05. The molecule has 2 unspecified atom stereocenters. The molecule has 176 valence electrons. The molecule has 0 saturated carbocycles. The van der Waals surface area contributed by atoms with E-state index < -0.39 is 63.0 Å². The zero-order valence-corrected chi connectivity index (χ0v) is 20.6. The second-order valence-corrected chi connectivity index (χ2v) is 18.6. The van der Waals surface area contributed by atoms with Crippen LogP contribution in [0.5, 0.6) is 0 Å². The van der Waals surface area contributed by atoms with E-state index in [0.717, 1.165) is 0 Å². The van der Waals surface area contributed by atoms with Crippen molar-refractivity contribution < 1.29 is 38.7 Å². The Labute approximate surface area is 186 Å². The van der Waals surface area contributed by atoms with Gasteiger partial charge in [-0.15, -0.1) is 0 Å². The molecule has 32 heavy (non-hydrogen) atoms. The van der Waals surface area contributed by atoms with Crippen molar-refractivity contribution in [1.82, 2.24) is 0 Å². The van der Waals surface area contributed by atoms with Crippen LogP contribution in [0.2, 0.25) is 25.2 Å². The zero-order chi connectivity index (χ0) is 23.7. The third-order valence-corrected chi connectivity index (χ3v) is 18.5. The summed E-state index contributed by atoms with van der Waals surface area (Å²) >= 11 is 0. The highest BCUT2D eigenvalue weighted by Gasteiger charge is 2.61. The molecule has 0 radical (unpaired) electrons. The van der Waals surface area contributed by atoms with Gasteiger partial charge in [0.05, 0.1) is 0 Å². The normalized spacial score (nSPS) is 26.1. The topological polar surface area (TPSA) is 27.7 Å². The number of hydrogen-bond acceptors (Lipinski definition) is 3. The van der Waals surface area contributed by atoms with E-state index in [0.29, 0.717) is 10.4 Å². The Hall–Kier alpha value is -1.45. The van der Waals surface area contributed by atoms with Gasteiger partial charge in [0.15, 0.2) is 0 Å². The Kier molecular flexibility index (Phi) is 7.13. The van der Waals surface area contributed by atoms with Gasteiger partial charge in [-0.1, -0.05) is 60.7 Å². The molecular formula is C20H24F6O3Si3. The van der Waals surface area contributed by atoms with E-state index in [9.17, 15) is 26.3 Å². The molecule has 2 aromatic carbocycles. The number of benzene rings is 2. The smallest absolute Gasteiger partial charge is 0.389 e. The predicted octanol–water partition coefficient (Wildman–Crippen LogP) is 5.36. The Balaban J connectivity index is 2.15. The van der Waals surface area contributed by atoms with E-state index in [2.05, 4.69) is 0 Å². The van der Waals surface area contributed by atoms with Gasteiger partial charge in [0, 0.05) is 24.9 Å². The van der Waals surface area contributed by atoms with Crippen molar-refractivity contribution in [2.45, 2.75) is 50.4 Å². The minimum absolute atomic E-state index is 0.450. The molecule has 12 heteroatoms. The summed E-state index contributed by atoms with van der Waals surface area (Å²) in [4.78, 5) is 0. The Morgan fingerprint density at radius 1 is 0.594 bits per heavy atom. The molecule has 3 nitrogen and oxygen atoms in total. The molecule has 1 aliphatic rings. The minimum atomic E-state index is -4.46. The molecule has 2 aromatic rings. The van der Waals surface area contributed by atoms with Crippen LogP contribution in [-0.2, 0) is 12.3 Å². The fraction of sp³-hybridized carbons (Fsp3) is 0.400. The van der Waals surface area contributed by atoms with E-state index in [-0.39, 0.29) is 0 Å². The first-order valence-electron chi connectivity index (χ1n) is 10.1. The van der Waals surface area contributed by atoms with Gasteiger partial charge >= 0.3 is 38.0 Å². The fourth-order valence-corrected chi connectivity index (χ4v) is 20.7. The third kappa shape index (κ3) is 6.32. The summed E-state index contributed by atoms with van der Waals surface area (Å²) in [6.45, 7) is 3.32. The Morgan fingerprint density at radius 2 is 0.938 bits per heavy atom. The van der Waals surface area contributed by atoms with Crippen LogP contribution in [0.1, 0.15) is 12.8 Å². The number of halogens is 6. The lowest BCUT2D eigenvalue weighted by Gasteiger charge is -2.52. The lowest BCUT2D eigenvalue weighted by molar-refractivity contribution is -0.131. The molecule has 0 N–H and O–H groups in total. The van der Waals surface area contributed by atoms with Crippen molar-refractivity contribution >= 4 is 36.1 Å². The highest BCUT2D eigenvalue weighted by molar-refractivity contribution is 7.02. The molecule has 2 atom stereocenters. The first-order chi connectivity index (χ1) is 14.7. The van der Waals surface area contributed by atoms with Crippen molar-refractivity contribution in [3.8, 4) is 0 Å². The lowest BCUT2D eigenvalue weighted by atomic mass is 10.4. The predicted molar refractivity (Wildman–Crippen MR) is 115 cm³/mol. The van der Waals surface area contributed by atoms with Gasteiger partial charge in [0.1, 0.15) is 0 Å². The summed E-state index contributed by atoms with van der Waals surface area (Å²) in [6.07, 6.45) is -11.2. The number of rotatable bonds is 6. The van der Waals surface area contributed by atoms with Crippen molar-refractivity contribution in [1.29, 1.82) is 0 Å². The van der Waals surface area contributed by atoms with E-state index in [1.54, 1.807) is 73.8 Å². The number of hydrogen-bond donors (Lipinski definition) is 0. The van der Waals surface area contributed by atoms with Crippen LogP contribution < -0.4 is 10.4 Å². The standard InChI is InChI=1S/C20H24F6O3Si3/c1-30(2)27-31(15-13-19(21,22)23,17-9-5-3-6-10-17)29-32(28-30,16-14-20(24,25)26)18-11-7-4-8-12-18/h3-12H,13-16H2,1-2H3. The molecule has 1 fully saturated rings. The molecule has 1 heterocycles. The summed E-state index contributed by atoms with van der Waals surface area (Å²) in [5, 5.41) is 0.931. The van der Waals surface area contributed by atoms with Gasteiger partial charge in [-0.3, -0.25) is 0 Å². The number of alkyl halides is 6. The van der Waals surface area contributed by atoms with Gasteiger partial charge < -0.3 is 12.3 Å².